The fraction of sp³-hybridized carbons (Fsp3) is 0.118. The highest BCUT2D eigenvalue weighted by molar-refractivity contribution is 6.31. The number of halogens is 1. The second kappa shape index (κ2) is 6.42. The third kappa shape index (κ3) is 3.16. The predicted molar refractivity (Wildman–Crippen MR) is 83.2 cm³/mol. The van der Waals surface area contributed by atoms with Crippen LogP contribution in [-0.2, 0) is 0 Å². The predicted octanol–water partition coefficient (Wildman–Crippen LogP) is 2.85. The Kier molecular flexibility index (Phi) is 4.17. The quantitative estimate of drug-likeness (QED) is 0.867. The van der Waals surface area contributed by atoms with Crippen molar-refractivity contribution >= 4 is 17.5 Å². The van der Waals surface area contributed by atoms with Crippen LogP contribution in [0, 0.1) is 11.8 Å². The Hall–Kier alpha value is -2.64. The van der Waals surface area contributed by atoms with Crippen LogP contribution in [0.4, 0.5) is 0 Å². The Labute approximate surface area is 133 Å². The molecule has 110 valence electrons. The molecule has 1 N–H and O–H groups in total. The van der Waals surface area contributed by atoms with Crippen molar-refractivity contribution < 1.29 is 14.3 Å². The van der Waals surface area contributed by atoms with Crippen LogP contribution in [0.1, 0.15) is 15.9 Å². The molecule has 0 fully saturated rings. The fourth-order valence-corrected chi connectivity index (χ4v) is 2.15. The van der Waals surface area contributed by atoms with Crippen LogP contribution in [0.25, 0.3) is 0 Å². The Morgan fingerprint density at radius 1 is 1.18 bits per heavy atom. The van der Waals surface area contributed by atoms with E-state index in [2.05, 4.69) is 17.2 Å². The Morgan fingerprint density at radius 3 is 2.86 bits per heavy atom. The lowest BCUT2D eigenvalue weighted by molar-refractivity contribution is 0.0958. The SMILES string of the molecule is O=C(NCC#Cc1ccccc1Cl)c1ccc2c(c1)OCO2. The summed E-state index contributed by atoms with van der Waals surface area (Å²) in [5.41, 5.74) is 1.24. The summed E-state index contributed by atoms with van der Waals surface area (Å²) < 4.78 is 10.4. The number of ether oxygens (including phenoxy) is 2. The number of amides is 1. The van der Waals surface area contributed by atoms with E-state index >= 15 is 0 Å². The van der Waals surface area contributed by atoms with Gasteiger partial charge in [-0.3, -0.25) is 4.79 Å². The van der Waals surface area contributed by atoms with E-state index in [1.807, 2.05) is 18.2 Å². The number of carbonyl (C=O) groups is 1. The molecule has 0 unspecified atom stereocenters. The first-order valence-corrected chi connectivity index (χ1v) is 7.03. The lowest BCUT2D eigenvalue weighted by Crippen LogP contribution is -2.23. The van der Waals surface area contributed by atoms with Crippen molar-refractivity contribution in [3.05, 3.63) is 58.6 Å². The smallest absolute Gasteiger partial charge is 0.252 e. The highest BCUT2D eigenvalue weighted by Gasteiger charge is 2.15. The number of rotatable bonds is 2. The largest absolute Gasteiger partial charge is 0.454 e. The summed E-state index contributed by atoms with van der Waals surface area (Å²) in [5, 5.41) is 3.32. The Bertz CT molecular complexity index is 777. The number of fused-ring (bicyclic) bond motifs is 1. The molecule has 0 radical (unpaired) electrons. The van der Waals surface area contributed by atoms with Crippen molar-refractivity contribution in [1.29, 1.82) is 0 Å². The van der Waals surface area contributed by atoms with Crippen LogP contribution in [-0.4, -0.2) is 19.2 Å². The normalized spacial score (nSPS) is 11.5. The van der Waals surface area contributed by atoms with Crippen LogP contribution in [0.5, 0.6) is 11.5 Å². The maximum absolute atomic E-state index is 12.0. The lowest BCUT2D eigenvalue weighted by Gasteiger charge is -2.02. The van der Waals surface area contributed by atoms with Gasteiger partial charge in [0.15, 0.2) is 11.5 Å². The molecule has 2 aromatic rings. The zero-order valence-electron chi connectivity index (χ0n) is 11.6. The van der Waals surface area contributed by atoms with Gasteiger partial charge in [-0.25, -0.2) is 0 Å². The average molecular weight is 314 g/mol. The fourth-order valence-electron chi connectivity index (χ4n) is 1.97. The van der Waals surface area contributed by atoms with Gasteiger partial charge in [0, 0.05) is 11.1 Å². The summed E-state index contributed by atoms with van der Waals surface area (Å²) in [6.45, 7) is 0.419. The van der Waals surface area contributed by atoms with E-state index in [4.69, 9.17) is 21.1 Å². The molecule has 1 aliphatic rings. The molecule has 0 bridgehead atoms. The molecular weight excluding hydrogens is 302 g/mol. The van der Waals surface area contributed by atoms with Gasteiger partial charge in [0.1, 0.15) is 0 Å². The number of nitrogens with one attached hydrogen (secondary N) is 1. The van der Waals surface area contributed by atoms with E-state index < -0.39 is 0 Å². The second-order valence-electron chi connectivity index (χ2n) is 4.53. The molecule has 0 aliphatic carbocycles. The van der Waals surface area contributed by atoms with Crippen LogP contribution in [0.15, 0.2) is 42.5 Å². The third-order valence-electron chi connectivity index (χ3n) is 3.07. The molecule has 0 saturated heterocycles. The van der Waals surface area contributed by atoms with Crippen LogP contribution in [0.3, 0.4) is 0 Å². The monoisotopic (exact) mass is 313 g/mol. The van der Waals surface area contributed by atoms with E-state index in [-0.39, 0.29) is 19.2 Å². The van der Waals surface area contributed by atoms with Gasteiger partial charge < -0.3 is 14.8 Å². The molecule has 0 atom stereocenters. The maximum atomic E-state index is 12.0. The van der Waals surface area contributed by atoms with Crippen LogP contribution < -0.4 is 14.8 Å². The highest BCUT2D eigenvalue weighted by atomic mass is 35.5. The molecule has 4 nitrogen and oxygen atoms in total. The van der Waals surface area contributed by atoms with E-state index in [0.29, 0.717) is 22.1 Å². The van der Waals surface area contributed by atoms with Gasteiger partial charge in [0.2, 0.25) is 6.79 Å². The molecule has 1 heterocycles. The zero-order chi connectivity index (χ0) is 15.4. The average Bonchev–Trinajstić information content (AvgIpc) is 3.00. The first kappa shape index (κ1) is 14.3. The number of hydrogen-bond donors (Lipinski definition) is 1. The first-order valence-electron chi connectivity index (χ1n) is 6.65. The molecule has 0 aromatic heterocycles. The van der Waals surface area contributed by atoms with Gasteiger partial charge >= 0.3 is 0 Å². The summed E-state index contributed by atoms with van der Waals surface area (Å²) in [6, 6.07) is 12.4. The minimum atomic E-state index is -0.216. The number of benzene rings is 2. The molecule has 1 amide bonds. The van der Waals surface area contributed by atoms with Gasteiger partial charge in [-0.05, 0) is 30.3 Å². The standard InChI is InChI=1S/C17H12ClNO3/c18-14-6-2-1-4-12(14)5-3-9-19-17(20)13-7-8-15-16(10-13)22-11-21-15/h1-2,4,6-8,10H,9,11H2,(H,19,20). The lowest BCUT2D eigenvalue weighted by atomic mass is 10.2. The number of hydrogen-bond acceptors (Lipinski definition) is 3. The first-order chi connectivity index (χ1) is 10.7. The Morgan fingerprint density at radius 2 is 2.00 bits per heavy atom. The number of carbonyl (C=O) groups excluding carboxylic acids is 1. The van der Waals surface area contributed by atoms with E-state index in [1.165, 1.54) is 0 Å². The van der Waals surface area contributed by atoms with Gasteiger partial charge in [-0.15, -0.1) is 0 Å². The van der Waals surface area contributed by atoms with Crippen molar-refractivity contribution in [1.82, 2.24) is 5.32 Å². The molecule has 2 aromatic carbocycles. The minimum absolute atomic E-state index is 0.184. The van der Waals surface area contributed by atoms with E-state index in [0.717, 1.165) is 5.56 Å². The highest BCUT2D eigenvalue weighted by Crippen LogP contribution is 2.32. The summed E-state index contributed by atoms with van der Waals surface area (Å²) in [5.74, 6) is 6.80. The van der Waals surface area contributed by atoms with E-state index in [9.17, 15) is 4.79 Å². The molecule has 22 heavy (non-hydrogen) atoms. The van der Waals surface area contributed by atoms with Crippen molar-refractivity contribution in [2.45, 2.75) is 0 Å². The van der Waals surface area contributed by atoms with E-state index in [1.54, 1.807) is 24.3 Å². The van der Waals surface area contributed by atoms with Crippen molar-refractivity contribution in [3.8, 4) is 23.3 Å². The topological polar surface area (TPSA) is 47.6 Å². The zero-order valence-corrected chi connectivity index (χ0v) is 12.3. The second-order valence-corrected chi connectivity index (χ2v) is 4.94. The van der Waals surface area contributed by atoms with Gasteiger partial charge in [0.05, 0.1) is 11.6 Å². The van der Waals surface area contributed by atoms with Crippen LogP contribution >= 0.6 is 11.6 Å². The molecule has 1 aliphatic heterocycles. The summed E-state index contributed by atoms with van der Waals surface area (Å²) in [6.07, 6.45) is 0. The van der Waals surface area contributed by atoms with Gasteiger partial charge in [-0.2, -0.15) is 0 Å². The third-order valence-corrected chi connectivity index (χ3v) is 3.40. The van der Waals surface area contributed by atoms with Crippen molar-refractivity contribution in [2.75, 3.05) is 13.3 Å². The van der Waals surface area contributed by atoms with Crippen LogP contribution in [0.2, 0.25) is 5.02 Å². The Balaban J connectivity index is 1.60. The molecule has 0 saturated carbocycles. The summed E-state index contributed by atoms with van der Waals surface area (Å²) >= 11 is 6.00. The molecule has 5 heteroatoms. The summed E-state index contributed by atoms with van der Waals surface area (Å²) in [4.78, 5) is 12.0. The van der Waals surface area contributed by atoms with Gasteiger partial charge in [-0.1, -0.05) is 35.6 Å². The summed E-state index contributed by atoms with van der Waals surface area (Å²) in [7, 11) is 0. The molecule has 3 rings (SSSR count). The van der Waals surface area contributed by atoms with Crippen molar-refractivity contribution in [3.63, 3.8) is 0 Å². The maximum Gasteiger partial charge on any atom is 0.252 e. The molecule has 0 spiro atoms. The molecular formula is C17H12ClNO3. The van der Waals surface area contributed by atoms with Gasteiger partial charge in [0.25, 0.3) is 5.91 Å². The minimum Gasteiger partial charge on any atom is -0.454 e. The van der Waals surface area contributed by atoms with Crippen molar-refractivity contribution in [2.24, 2.45) is 0 Å².